The number of carbonyl (C=O) groups is 1. The number of rotatable bonds is 4. The lowest BCUT2D eigenvalue weighted by atomic mass is 9.48. The predicted octanol–water partition coefficient (Wildman–Crippen LogP) is 3.44. The maximum Gasteiger partial charge on any atom is 0.265 e. The van der Waals surface area contributed by atoms with Gasteiger partial charge < -0.3 is 5.32 Å². The van der Waals surface area contributed by atoms with E-state index in [0.29, 0.717) is 10.3 Å². The Hall–Kier alpha value is -0.970. The Morgan fingerprint density at radius 1 is 1.27 bits per heavy atom. The first-order chi connectivity index (χ1) is 10.6. The van der Waals surface area contributed by atoms with Crippen LogP contribution in [0.15, 0.2) is 0 Å². The molecule has 4 saturated carbocycles. The van der Waals surface area contributed by atoms with Gasteiger partial charge in [0.1, 0.15) is 4.88 Å². The number of carbonyl (C=O) groups excluding carboxylic acids is 1. The van der Waals surface area contributed by atoms with Gasteiger partial charge in [0.15, 0.2) is 0 Å². The van der Waals surface area contributed by atoms with Crippen molar-refractivity contribution in [3.05, 3.63) is 10.6 Å². The molecule has 4 nitrogen and oxygen atoms in total. The average Bonchev–Trinajstić information content (AvgIpc) is 2.94. The topological polar surface area (TPSA) is 54.9 Å². The maximum absolute atomic E-state index is 12.6. The van der Waals surface area contributed by atoms with Crippen LogP contribution in [0.2, 0.25) is 0 Å². The van der Waals surface area contributed by atoms with Gasteiger partial charge in [-0.3, -0.25) is 4.79 Å². The smallest absolute Gasteiger partial charge is 0.265 e. The van der Waals surface area contributed by atoms with Gasteiger partial charge in [-0.05, 0) is 86.6 Å². The Morgan fingerprint density at radius 2 is 1.86 bits per heavy atom. The predicted molar refractivity (Wildman–Crippen MR) is 86.8 cm³/mol. The first-order valence-corrected chi connectivity index (χ1v) is 9.49. The SMILES string of the molecule is CCc1nnsc1C(=O)N[C@@H](C)C12CC3CC(CC(C3)C1)C2. The van der Waals surface area contributed by atoms with Gasteiger partial charge in [0, 0.05) is 6.04 Å². The minimum atomic E-state index is 0.0371. The number of aromatic nitrogens is 2. The van der Waals surface area contributed by atoms with E-state index < -0.39 is 0 Å². The van der Waals surface area contributed by atoms with Gasteiger partial charge in [-0.25, -0.2) is 0 Å². The van der Waals surface area contributed by atoms with Crippen LogP contribution in [-0.2, 0) is 6.42 Å². The molecule has 1 amide bonds. The first kappa shape index (κ1) is 14.6. The molecule has 1 aromatic heterocycles. The van der Waals surface area contributed by atoms with Crippen LogP contribution >= 0.6 is 11.5 Å². The van der Waals surface area contributed by atoms with Crippen molar-refractivity contribution in [1.29, 1.82) is 0 Å². The molecule has 0 unspecified atom stereocenters. The highest BCUT2D eigenvalue weighted by atomic mass is 32.1. The zero-order valence-electron chi connectivity index (χ0n) is 13.5. The van der Waals surface area contributed by atoms with Crippen LogP contribution in [0.4, 0.5) is 0 Å². The summed E-state index contributed by atoms with van der Waals surface area (Å²) in [5.41, 5.74) is 1.19. The Labute approximate surface area is 136 Å². The van der Waals surface area contributed by atoms with Gasteiger partial charge in [-0.2, -0.15) is 0 Å². The molecule has 120 valence electrons. The van der Waals surface area contributed by atoms with Crippen LogP contribution in [0, 0.1) is 23.2 Å². The molecule has 22 heavy (non-hydrogen) atoms. The molecule has 0 saturated heterocycles. The van der Waals surface area contributed by atoms with Gasteiger partial charge in [0.25, 0.3) is 5.91 Å². The number of amides is 1. The number of nitrogens with one attached hydrogen (secondary N) is 1. The normalized spacial score (nSPS) is 37.3. The van der Waals surface area contributed by atoms with E-state index in [9.17, 15) is 4.79 Å². The van der Waals surface area contributed by atoms with Crippen molar-refractivity contribution in [2.24, 2.45) is 23.2 Å². The summed E-state index contributed by atoms with van der Waals surface area (Å²) in [6.45, 7) is 4.25. The highest BCUT2D eigenvalue weighted by molar-refractivity contribution is 7.08. The second-order valence-corrected chi connectivity index (χ2v) is 8.63. The van der Waals surface area contributed by atoms with Gasteiger partial charge >= 0.3 is 0 Å². The third-order valence-electron chi connectivity index (χ3n) is 6.45. The standard InChI is InChI=1S/C17H25N3OS/c1-3-14-15(22-20-19-14)16(21)18-10(2)17-7-11-4-12(8-17)6-13(5-11)9-17/h10-13H,3-9H2,1-2H3,(H,18,21)/t10-,11?,12?,13?,17?/m0/s1. The summed E-state index contributed by atoms with van der Waals surface area (Å²) in [6, 6.07) is 0.264. The third kappa shape index (κ3) is 2.29. The summed E-state index contributed by atoms with van der Waals surface area (Å²) in [5.74, 6) is 2.79. The van der Waals surface area contributed by atoms with E-state index in [2.05, 4.69) is 21.8 Å². The Morgan fingerprint density at radius 3 is 2.41 bits per heavy atom. The molecule has 4 aliphatic rings. The molecule has 1 heterocycles. The van der Waals surface area contributed by atoms with E-state index in [1.165, 1.54) is 50.1 Å². The molecule has 1 N–H and O–H groups in total. The second kappa shape index (κ2) is 5.29. The largest absolute Gasteiger partial charge is 0.348 e. The van der Waals surface area contributed by atoms with Crippen LogP contribution in [0.25, 0.3) is 0 Å². The summed E-state index contributed by atoms with van der Waals surface area (Å²) in [7, 11) is 0. The third-order valence-corrected chi connectivity index (χ3v) is 7.22. The van der Waals surface area contributed by atoms with E-state index in [1.54, 1.807) is 0 Å². The summed E-state index contributed by atoms with van der Waals surface area (Å²) >= 11 is 1.23. The number of hydrogen-bond acceptors (Lipinski definition) is 4. The molecule has 1 atom stereocenters. The highest BCUT2D eigenvalue weighted by Crippen LogP contribution is 2.61. The zero-order valence-corrected chi connectivity index (χ0v) is 14.3. The lowest BCUT2D eigenvalue weighted by Gasteiger charge is -2.59. The molecule has 5 rings (SSSR count). The zero-order chi connectivity index (χ0) is 15.3. The molecule has 4 bridgehead atoms. The second-order valence-electron chi connectivity index (χ2n) is 7.88. The van der Waals surface area contributed by atoms with Crippen LogP contribution < -0.4 is 5.32 Å². The number of aryl methyl sites for hydroxylation is 1. The van der Waals surface area contributed by atoms with E-state index >= 15 is 0 Å². The molecule has 0 radical (unpaired) electrons. The molecule has 4 aliphatic carbocycles. The van der Waals surface area contributed by atoms with Crippen molar-refractivity contribution in [3.63, 3.8) is 0 Å². The summed E-state index contributed by atoms with van der Waals surface area (Å²) in [6.07, 6.45) is 9.06. The molecule has 5 heteroatoms. The van der Waals surface area contributed by atoms with E-state index in [1.807, 2.05) is 6.92 Å². The lowest BCUT2D eigenvalue weighted by Crippen LogP contribution is -2.55. The Balaban J connectivity index is 1.50. The van der Waals surface area contributed by atoms with Crippen molar-refractivity contribution >= 4 is 17.4 Å². The van der Waals surface area contributed by atoms with Crippen molar-refractivity contribution < 1.29 is 4.79 Å². The van der Waals surface area contributed by atoms with Crippen molar-refractivity contribution in [3.8, 4) is 0 Å². The van der Waals surface area contributed by atoms with Crippen LogP contribution in [0.3, 0.4) is 0 Å². The minimum absolute atomic E-state index is 0.0371. The van der Waals surface area contributed by atoms with Crippen molar-refractivity contribution in [1.82, 2.24) is 14.9 Å². The van der Waals surface area contributed by atoms with Crippen LogP contribution in [0.1, 0.15) is 67.7 Å². The average molecular weight is 319 g/mol. The first-order valence-electron chi connectivity index (χ1n) is 8.71. The minimum Gasteiger partial charge on any atom is -0.348 e. The molecular formula is C17H25N3OS. The molecule has 0 aromatic carbocycles. The van der Waals surface area contributed by atoms with E-state index in [4.69, 9.17) is 0 Å². The fraction of sp³-hybridized carbons (Fsp3) is 0.824. The molecular weight excluding hydrogens is 294 g/mol. The summed E-state index contributed by atoms with van der Waals surface area (Å²) < 4.78 is 3.94. The highest BCUT2D eigenvalue weighted by Gasteiger charge is 2.53. The number of nitrogens with zero attached hydrogens (tertiary/aromatic N) is 2. The van der Waals surface area contributed by atoms with E-state index in [0.717, 1.165) is 29.9 Å². The molecule has 0 spiro atoms. The fourth-order valence-corrected chi connectivity index (χ4v) is 6.39. The molecule has 1 aromatic rings. The Bertz CT molecular complexity index is 547. The summed E-state index contributed by atoms with van der Waals surface area (Å²) in [5, 5.41) is 7.37. The molecule has 0 aliphatic heterocycles. The summed E-state index contributed by atoms with van der Waals surface area (Å²) in [4.78, 5) is 13.3. The maximum atomic E-state index is 12.6. The van der Waals surface area contributed by atoms with Gasteiger partial charge in [-0.15, -0.1) is 5.10 Å². The van der Waals surface area contributed by atoms with Gasteiger partial charge in [0.2, 0.25) is 0 Å². The van der Waals surface area contributed by atoms with Crippen LogP contribution in [-0.4, -0.2) is 21.5 Å². The monoisotopic (exact) mass is 319 g/mol. The van der Waals surface area contributed by atoms with Gasteiger partial charge in [0.05, 0.1) is 5.69 Å². The molecule has 4 fully saturated rings. The van der Waals surface area contributed by atoms with Crippen molar-refractivity contribution in [2.45, 2.75) is 64.8 Å². The number of hydrogen-bond donors (Lipinski definition) is 1. The van der Waals surface area contributed by atoms with Crippen molar-refractivity contribution in [2.75, 3.05) is 0 Å². The lowest BCUT2D eigenvalue weighted by molar-refractivity contribution is -0.0687. The quantitative estimate of drug-likeness (QED) is 0.925. The fourth-order valence-electron chi connectivity index (χ4n) is 5.74. The van der Waals surface area contributed by atoms with Crippen LogP contribution in [0.5, 0.6) is 0 Å². The Kier molecular flexibility index (Phi) is 3.51. The van der Waals surface area contributed by atoms with Gasteiger partial charge in [-0.1, -0.05) is 11.4 Å². The van der Waals surface area contributed by atoms with E-state index in [-0.39, 0.29) is 11.9 Å².